The second-order valence-corrected chi connectivity index (χ2v) is 8.42. The lowest BCUT2D eigenvalue weighted by atomic mass is 10.1. The van der Waals surface area contributed by atoms with E-state index in [-0.39, 0.29) is 11.8 Å². The van der Waals surface area contributed by atoms with Crippen LogP contribution >= 0.6 is 27.7 Å². The van der Waals surface area contributed by atoms with Gasteiger partial charge in [0.05, 0.1) is 16.8 Å². The number of hydrogen-bond acceptors (Lipinski definition) is 3. The van der Waals surface area contributed by atoms with Crippen LogP contribution in [0, 0.1) is 6.92 Å². The van der Waals surface area contributed by atoms with Gasteiger partial charge in [0.25, 0.3) is 11.8 Å². The van der Waals surface area contributed by atoms with E-state index in [4.69, 9.17) is 0 Å². The van der Waals surface area contributed by atoms with Crippen molar-refractivity contribution < 1.29 is 9.59 Å². The second kappa shape index (κ2) is 10.3. The van der Waals surface area contributed by atoms with Crippen LogP contribution in [0.2, 0.25) is 0 Å². The molecule has 29 heavy (non-hydrogen) atoms. The van der Waals surface area contributed by atoms with Crippen molar-refractivity contribution >= 4 is 45.2 Å². The summed E-state index contributed by atoms with van der Waals surface area (Å²) in [5.41, 5.74) is 2.66. The number of thioether (sulfide) groups is 1. The molecule has 0 heterocycles. The highest BCUT2D eigenvalue weighted by atomic mass is 79.9. The van der Waals surface area contributed by atoms with Crippen LogP contribution in [-0.2, 0) is 0 Å². The van der Waals surface area contributed by atoms with Crippen LogP contribution < -0.4 is 10.6 Å². The Balaban J connectivity index is 1.59. The van der Waals surface area contributed by atoms with E-state index in [1.54, 1.807) is 54.2 Å². The van der Waals surface area contributed by atoms with Gasteiger partial charge in [-0.2, -0.15) is 0 Å². The van der Waals surface area contributed by atoms with Crippen molar-refractivity contribution in [2.75, 3.05) is 17.6 Å². The van der Waals surface area contributed by atoms with Gasteiger partial charge in [-0.05, 0) is 59.3 Å². The first-order chi connectivity index (χ1) is 14.0. The Morgan fingerprint density at radius 2 is 1.52 bits per heavy atom. The van der Waals surface area contributed by atoms with Crippen LogP contribution in [0.25, 0.3) is 0 Å². The largest absolute Gasteiger partial charge is 0.351 e. The first-order valence-corrected chi connectivity index (χ1v) is 10.9. The molecule has 0 aliphatic heterocycles. The highest BCUT2D eigenvalue weighted by molar-refractivity contribution is 9.10. The number of para-hydroxylation sites is 1. The van der Waals surface area contributed by atoms with Crippen LogP contribution in [-0.4, -0.2) is 24.1 Å². The Morgan fingerprint density at radius 3 is 2.24 bits per heavy atom. The van der Waals surface area contributed by atoms with Crippen molar-refractivity contribution in [1.82, 2.24) is 5.32 Å². The molecule has 4 nitrogen and oxygen atoms in total. The molecular weight excluding hydrogens is 448 g/mol. The van der Waals surface area contributed by atoms with E-state index in [9.17, 15) is 9.59 Å². The summed E-state index contributed by atoms with van der Waals surface area (Å²) < 4.78 is 0.701. The van der Waals surface area contributed by atoms with Crippen molar-refractivity contribution in [2.24, 2.45) is 0 Å². The van der Waals surface area contributed by atoms with E-state index in [1.165, 1.54) is 10.5 Å². The van der Waals surface area contributed by atoms with E-state index < -0.39 is 0 Å². The highest BCUT2D eigenvalue weighted by Crippen LogP contribution is 2.21. The minimum atomic E-state index is -0.271. The summed E-state index contributed by atoms with van der Waals surface area (Å²) in [6.45, 7) is 2.59. The molecular formula is C23H21BrN2O2S. The molecule has 0 aromatic heterocycles. The van der Waals surface area contributed by atoms with Gasteiger partial charge in [-0.15, -0.1) is 11.8 Å². The van der Waals surface area contributed by atoms with Gasteiger partial charge in [-0.25, -0.2) is 0 Å². The topological polar surface area (TPSA) is 58.2 Å². The van der Waals surface area contributed by atoms with Crippen molar-refractivity contribution in [2.45, 2.75) is 11.8 Å². The predicted octanol–water partition coefficient (Wildman–Crippen LogP) is 5.53. The molecule has 0 spiro atoms. The molecule has 0 atom stereocenters. The number of benzene rings is 3. The standard InChI is InChI=1S/C23H21BrN2O2S/c1-16-10-12-17(13-11-16)29-15-14-25-22(27)19-7-3-5-9-21(19)26-23(28)18-6-2-4-8-20(18)24/h2-13H,14-15H2,1H3,(H,25,27)(H,26,28). The van der Waals surface area contributed by atoms with E-state index in [1.807, 2.05) is 6.07 Å². The molecule has 0 aliphatic rings. The number of carbonyl (C=O) groups excluding carboxylic acids is 2. The fraction of sp³-hybridized carbons (Fsp3) is 0.130. The van der Waals surface area contributed by atoms with Gasteiger partial charge >= 0.3 is 0 Å². The van der Waals surface area contributed by atoms with E-state index in [0.717, 1.165) is 5.75 Å². The number of hydrogen-bond donors (Lipinski definition) is 2. The van der Waals surface area contributed by atoms with Crippen LogP contribution in [0.5, 0.6) is 0 Å². The van der Waals surface area contributed by atoms with Gasteiger partial charge in [0, 0.05) is 21.7 Å². The maximum absolute atomic E-state index is 12.6. The molecule has 2 amide bonds. The predicted molar refractivity (Wildman–Crippen MR) is 123 cm³/mol. The number of amides is 2. The number of carbonyl (C=O) groups is 2. The third kappa shape index (κ3) is 5.95. The third-order valence-corrected chi connectivity index (χ3v) is 5.92. The van der Waals surface area contributed by atoms with E-state index in [2.05, 4.69) is 57.8 Å². The summed E-state index contributed by atoms with van der Waals surface area (Å²) >= 11 is 5.07. The minimum Gasteiger partial charge on any atom is -0.351 e. The van der Waals surface area contributed by atoms with E-state index >= 15 is 0 Å². The molecule has 3 rings (SSSR count). The smallest absolute Gasteiger partial charge is 0.256 e. The first kappa shape index (κ1) is 21.1. The van der Waals surface area contributed by atoms with Gasteiger partial charge in [-0.3, -0.25) is 9.59 Å². The van der Waals surface area contributed by atoms with Crippen molar-refractivity contribution in [3.63, 3.8) is 0 Å². The lowest BCUT2D eigenvalue weighted by Gasteiger charge is -2.12. The van der Waals surface area contributed by atoms with Crippen LogP contribution in [0.15, 0.2) is 82.2 Å². The molecule has 6 heteroatoms. The Morgan fingerprint density at radius 1 is 0.862 bits per heavy atom. The zero-order valence-electron chi connectivity index (χ0n) is 15.9. The van der Waals surface area contributed by atoms with Crippen LogP contribution in [0.3, 0.4) is 0 Å². The lowest BCUT2D eigenvalue weighted by molar-refractivity contribution is 0.0957. The van der Waals surface area contributed by atoms with Gasteiger partial charge in [-0.1, -0.05) is 42.0 Å². The van der Waals surface area contributed by atoms with Gasteiger partial charge in [0.2, 0.25) is 0 Å². The summed E-state index contributed by atoms with van der Waals surface area (Å²) in [6.07, 6.45) is 0. The van der Waals surface area contributed by atoms with Crippen molar-refractivity contribution in [3.8, 4) is 0 Å². The van der Waals surface area contributed by atoms with E-state index in [0.29, 0.717) is 27.8 Å². The maximum Gasteiger partial charge on any atom is 0.256 e. The molecule has 3 aromatic carbocycles. The third-order valence-electron chi connectivity index (χ3n) is 4.22. The minimum absolute atomic E-state index is 0.211. The summed E-state index contributed by atoms with van der Waals surface area (Å²) in [5.74, 6) is 0.283. The monoisotopic (exact) mass is 468 g/mol. The molecule has 0 saturated heterocycles. The summed E-state index contributed by atoms with van der Waals surface area (Å²) in [7, 11) is 0. The zero-order chi connectivity index (χ0) is 20.6. The quantitative estimate of drug-likeness (QED) is 0.353. The number of halogens is 1. The summed E-state index contributed by atoms with van der Waals surface area (Å²) in [6, 6.07) is 22.5. The molecule has 0 aliphatic carbocycles. The fourth-order valence-electron chi connectivity index (χ4n) is 2.69. The normalized spacial score (nSPS) is 10.4. The number of anilines is 1. The maximum atomic E-state index is 12.6. The zero-order valence-corrected chi connectivity index (χ0v) is 18.3. The Hall–Kier alpha value is -2.57. The molecule has 3 aromatic rings. The second-order valence-electron chi connectivity index (χ2n) is 6.40. The number of rotatable bonds is 7. The van der Waals surface area contributed by atoms with Crippen molar-refractivity contribution in [1.29, 1.82) is 0 Å². The molecule has 0 radical (unpaired) electrons. The molecule has 0 unspecified atom stereocenters. The highest BCUT2D eigenvalue weighted by Gasteiger charge is 2.15. The first-order valence-electron chi connectivity index (χ1n) is 9.17. The summed E-state index contributed by atoms with van der Waals surface area (Å²) in [5, 5.41) is 5.76. The van der Waals surface area contributed by atoms with Crippen LogP contribution in [0.1, 0.15) is 26.3 Å². The van der Waals surface area contributed by atoms with Crippen molar-refractivity contribution in [3.05, 3.63) is 94.0 Å². The summed E-state index contributed by atoms with van der Waals surface area (Å²) in [4.78, 5) is 26.4. The van der Waals surface area contributed by atoms with Gasteiger partial charge in [0.1, 0.15) is 0 Å². The van der Waals surface area contributed by atoms with Gasteiger partial charge in [0.15, 0.2) is 0 Å². The average molecular weight is 469 g/mol. The molecule has 2 N–H and O–H groups in total. The molecule has 0 saturated carbocycles. The Kier molecular flexibility index (Phi) is 7.49. The van der Waals surface area contributed by atoms with Crippen LogP contribution in [0.4, 0.5) is 5.69 Å². The lowest BCUT2D eigenvalue weighted by Crippen LogP contribution is -2.27. The fourth-order valence-corrected chi connectivity index (χ4v) is 3.92. The molecule has 148 valence electrons. The Bertz CT molecular complexity index is 1010. The molecule has 0 bridgehead atoms. The number of nitrogens with one attached hydrogen (secondary N) is 2. The molecule has 0 fully saturated rings. The SMILES string of the molecule is Cc1ccc(SCCNC(=O)c2ccccc2NC(=O)c2ccccc2Br)cc1. The number of aryl methyl sites for hydroxylation is 1. The Labute approximate surface area is 183 Å². The van der Waals surface area contributed by atoms with Gasteiger partial charge < -0.3 is 10.6 Å². The average Bonchev–Trinajstić information content (AvgIpc) is 2.73.